The fourth-order valence-electron chi connectivity index (χ4n) is 2.40. The predicted octanol–water partition coefficient (Wildman–Crippen LogP) is 2.26. The molecule has 3 rings (SSSR count). The van der Waals surface area contributed by atoms with Gasteiger partial charge in [-0.25, -0.2) is 13.1 Å². The standard InChI is InChI=1S/C16H20N2O2S/c19-21(20,18-12-4-11-17-14-9-10-14)16-8-3-6-13-5-1-2-7-15(13)16/h1-3,5-8,14,17-18H,4,9-12H2. The molecule has 0 aliphatic heterocycles. The molecule has 4 nitrogen and oxygen atoms in total. The maximum atomic E-state index is 12.4. The van der Waals surface area contributed by atoms with E-state index in [9.17, 15) is 8.42 Å². The summed E-state index contributed by atoms with van der Waals surface area (Å²) in [7, 11) is -3.45. The molecule has 21 heavy (non-hydrogen) atoms. The molecule has 0 aromatic heterocycles. The Morgan fingerprint density at radius 3 is 2.57 bits per heavy atom. The number of benzene rings is 2. The average molecular weight is 304 g/mol. The first-order chi connectivity index (χ1) is 10.2. The highest BCUT2D eigenvalue weighted by molar-refractivity contribution is 7.89. The van der Waals surface area contributed by atoms with Gasteiger partial charge < -0.3 is 5.32 Å². The molecule has 1 aliphatic rings. The molecule has 0 radical (unpaired) electrons. The third kappa shape index (κ3) is 3.61. The van der Waals surface area contributed by atoms with Gasteiger partial charge in [0.25, 0.3) is 0 Å². The molecule has 1 aliphatic carbocycles. The largest absolute Gasteiger partial charge is 0.314 e. The predicted molar refractivity (Wildman–Crippen MR) is 84.8 cm³/mol. The van der Waals surface area contributed by atoms with E-state index in [1.54, 1.807) is 12.1 Å². The number of fused-ring (bicyclic) bond motifs is 1. The van der Waals surface area contributed by atoms with E-state index < -0.39 is 10.0 Å². The second-order valence-electron chi connectivity index (χ2n) is 5.46. The molecule has 0 heterocycles. The number of rotatable bonds is 7. The molecule has 5 heteroatoms. The fraction of sp³-hybridized carbons (Fsp3) is 0.375. The van der Waals surface area contributed by atoms with Crippen LogP contribution in [0.1, 0.15) is 19.3 Å². The molecule has 2 aromatic carbocycles. The quantitative estimate of drug-likeness (QED) is 0.771. The maximum Gasteiger partial charge on any atom is 0.241 e. The van der Waals surface area contributed by atoms with Crippen molar-refractivity contribution in [1.82, 2.24) is 10.0 Å². The van der Waals surface area contributed by atoms with Crippen LogP contribution in [0.4, 0.5) is 0 Å². The van der Waals surface area contributed by atoms with Gasteiger partial charge in [-0.1, -0.05) is 36.4 Å². The Bertz CT molecular complexity index is 719. The van der Waals surface area contributed by atoms with E-state index in [0.717, 1.165) is 23.7 Å². The first-order valence-corrected chi connectivity index (χ1v) is 8.86. The monoisotopic (exact) mass is 304 g/mol. The second-order valence-corrected chi connectivity index (χ2v) is 7.19. The van der Waals surface area contributed by atoms with Crippen LogP contribution >= 0.6 is 0 Å². The van der Waals surface area contributed by atoms with Crippen LogP contribution in [0, 0.1) is 0 Å². The van der Waals surface area contributed by atoms with Gasteiger partial charge in [0.05, 0.1) is 4.90 Å². The lowest BCUT2D eigenvalue weighted by Gasteiger charge is -2.09. The molecule has 0 saturated heterocycles. The minimum atomic E-state index is -3.45. The Kier molecular flexibility index (Phi) is 4.24. The molecular formula is C16H20N2O2S. The van der Waals surface area contributed by atoms with E-state index in [1.807, 2.05) is 30.3 Å². The van der Waals surface area contributed by atoms with E-state index in [4.69, 9.17) is 0 Å². The zero-order valence-electron chi connectivity index (χ0n) is 11.9. The van der Waals surface area contributed by atoms with Crippen molar-refractivity contribution in [2.45, 2.75) is 30.2 Å². The van der Waals surface area contributed by atoms with Crippen molar-refractivity contribution < 1.29 is 8.42 Å². The maximum absolute atomic E-state index is 12.4. The van der Waals surface area contributed by atoms with Gasteiger partial charge in [-0.3, -0.25) is 0 Å². The van der Waals surface area contributed by atoms with Crippen molar-refractivity contribution in [1.29, 1.82) is 0 Å². The van der Waals surface area contributed by atoms with Gasteiger partial charge in [-0.2, -0.15) is 0 Å². The lowest BCUT2D eigenvalue weighted by molar-refractivity contribution is 0.574. The topological polar surface area (TPSA) is 58.2 Å². The van der Waals surface area contributed by atoms with E-state index in [-0.39, 0.29) is 0 Å². The third-order valence-electron chi connectivity index (χ3n) is 3.70. The lowest BCUT2D eigenvalue weighted by Crippen LogP contribution is -2.28. The number of hydrogen-bond acceptors (Lipinski definition) is 3. The summed E-state index contributed by atoms with van der Waals surface area (Å²) >= 11 is 0. The van der Waals surface area contributed by atoms with Gasteiger partial charge >= 0.3 is 0 Å². The van der Waals surface area contributed by atoms with Crippen LogP contribution in [0.25, 0.3) is 10.8 Å². The van der Waals surface area contributed by atoms with Gasteiger partial charge in [-0.15, -0.1) is 0 Å². The zero-order chi connectivity index (χ0) is 14.7. The highest BCUT2D eigenvalue weighted by Crippen LogP contribution is 2.22. The van der Waals surface area contributed by atoms with Gasteiger partial charge in [0.2, 0.25) is 10.0 Å². The van der Waals surface area contributed by atoms with E-state index in [2.05, 4.69) is 10.0 Å². The zero-order valence-corrected chi connectivity index (χ0v) is 12.7. The Morgan fingerprint density at radius 1 is 1.00 bits per heavy atom. The van der Waals surface area contributed by atoms with Crippen LogP contribution in [0.3, 0.4) is 0 Å². The van der Waals surface area contributed by atoms with Crippen molar-refractivity contribution in [3.63, 3.8) is 0 Å². The van der Waals surface area contributed by atoms with Crippen molar-refractivity contribution in [3.8, 4) is 0 Å². The molecule has 1 fully saturated rings. The van der Waals surface area contributed by atoms with Crippen molar-refractivity contribution in [2.75, 3.05) is 13.1 Å². The third-order valence-corrected chi connectivity index (χ3v) is 5.21. The molecule has 0 unspecified atom stereocenters. The molecule has 1 saturated carbocycles. The van der Waals surface area contributed by atoms with Gasteiger partial charge in [-0.05, 0) is 37.3 Å². The van der Waals surface area contributed by atoms with E-state index >= 15 is 0 Å². The van der Waals surface area contributed by atoms with Crippen molar-refractivity contribution in [2.24, 2.45) is 0 Å². The molecular weight excluding hydrogens is 284 g/mol. The van der Waals surface area contributed by atoms with Crippen LogP contribution in [-0.4, -0.2) is 27.5 Å². The highest BCUT2D eigenvalue weighted by Gasteiger charge is 2.20. The summed E-state index contributed by atoms with van der Waals surface area (Å²) in [5, 5.41) is 5.09. The number of sulfonamides is 1. The Labute approximate surface area is 125 Å². The first kappa shape index (κ1) is 14.5. The normalized spacial score (nSPS) is 15.4. The average Bonchev–Trinajstić information content (AvgIpc) is 3.30. The van der Waals surface area contributed by atoms with E-state index in [0.29, 0.717) is 17.5 Å². The van der Waals surface area contributed by atoms with Crippen molar-refractivity contribution in [3.05, 3.63) is 42.5 Å². The summed E-state index contributed by atoms with van der Waals surface area (Å²) in [5.74, 6) is 0. The minimum absolute atomic E-state index is 0.357. The first-order valence-electron chi connectivity index (χ1n) is 7.38. The minimum Gasteiger partial charge on any atom is -0.314 e. The van der Waals surface area contributed by atoms with Gasteiger partial charge in [0.15, 0.2) is 0 Å². The van der Waals surface area contributed by atoms with Gasteiger partial charge in [0, 0.05) is 18.0 Å². The van der Waals surface area contributed by atoms with Gasteiger partial charge in [0.1, 0.15) is 0 Å². The van der Waals surface area contributed by atoms with Crippen molar-refractivity contribution >= 4 is 20.8 Å². The summed E-state index contributed by atoms with van der Waals surface area (Å²) in [4.78, 5) is 0.357. The Morgan fingerprint density at radius 2 is 1.76 bits per heavy atom. The molecule has 0 atom stereocenters. The molecule has 112 valence electrons. The summed E-state index contributed by atoms with van der Waals surface area (Å²) in [6.07, 6.45) is 3.31. The summed E-state index contributed by atoms with van der Waals surface area (Å²) in [6.45, 7) is 1.33. The highest BCUT2D eigenvalue weighted by atomic mass is 32.2. The molecule has 0 spiro atoms. The Hall–Kier alpha value is -1.43. The van der Waals surface area contributed by atoms with Crippen LogP contribution in [0.5, 0.6) is 0 Å². The molecule has 2 N–H and O–H groups in total. The SMILES string of the molecule is O=S(=O)(NCCCNC1CC1)c1cccc2ccccc12. The number of hydrogen-bond donors (Lipinski definition) is 2. The molecule has 2 aromatic rings. The summed E-state index contributed by atoms with van der Waals surface area (Å²) in [5.41, 5.74) is 0. The van der Waals surface area contributed by atoms with Crippen LogP contribution < -0.4 is 10.0 Å². The molecule has 0 amide bonds. The fourth-order valence-corrected chi connectivity index (χ4v) is 3.70. The Balaban J connectivity index is 1.67. The summed E-state index contributed by atoms with van der Waals surface area (Å²) < 4.78 is 27.5. The summed E-state index contributed by atoms with van der Waals surface area (Å²) in [6, 6.07) is 13.6. The van der Waals surface area contributed by atoms with Crippen LogP contribution in [0.15, 0.2) is 47.4 Å². The lowest BCUT2D eigenvalue weighted by atomic mass is 10.1. The van der Waals surface area contributed by atoms with Crippen LogP contribution in [-0.2, 0) is 10.0 Å². The van der Waals surface area contributed by atoms with Crippen LogP contribution in [0.2, 0.25) is 0 Å². The number of nitrogens with one attached hydrogen (secondary N) is 2. The second kappa shape index (κ2) is 6.13. The smallest absolute Gasteiger partial charge is 0.241 e. The molecule has 0 bridgehead atoms. The van der Waals surface area contributed by atoms with E-state index in [1.165, 1.54) is 12.8 Å².